The summed E-state index contributed by atoms with van der Waals surface area (Å²) < 4.78 is 5.09. The molecule has 1 aliphatic heterocycles. The number of rotatable bonds is 3. The van der Waals surface area contributed by atoms with E-state index < -0.39 is 0 Å². The van der Waals surface area contributed by atoms with Crippen molar-refractivity contribution < 1.29 is 9.53 Å². The molecule has 1 heterocycles. The maximum Gasteiger partial charge on any atom is 0.148 e. The molecule has 50 valence electrons. The zero-order valence-corrected chi connectivity index (χ0v) is 5.25. The summed E-state index contributed by atoms with van der Waals surface area (Å²) in [4.78, 5) is 9.99. The molecule has 0 amide bonds. The minimum absolute atomic E-state index is 0.130. The summed E-state index contributed by atoms with van der Waals surface area (Å²) in [5.74, 6) is 0. The number of ether oxygens (including phenoxy) is 1. The summed E-state index contributed by atoms with van der Waals surface area (Å²) in [6, 6.07) is 0. The molecule has 0 saturated carbocycles. The van der Waals surface area contributed by atoms with Gasteiger partial charge in [0.2, 0.25) is 0 Å². The standard InChI is InChI=1S/C7H10O2/c1-2-3-6-4-7(5-8)9-6/h2,5-7H,1,3-4H2. The summed E-state index contributed by atoms with van der Waals surface area (Å²) in [5, 5.41) is 0. The molecule has 0 N–H and O–H groups in total. The number of carbonyl (C=O) groups is 1. The van der Waals surface area contributed by atoms with E-state index in [9.17, 15) is 4.79 Å². The number of hydrogen-bond acceptors (Lipinski definition) is 2. The van der Waals surface area contributed by atoms with Gasteiger partial charge in [-0.1, -0.05) is 6.08 Å². The first kappa shape index (κ1) is 6.49. The smallest absolute Gasteiger partial charge is 0.148 e. The Morgan fingerprint density at radius 3 is 2.89 bits per heavy atom. The van der Waals surface area contributed by atoms with Gasteiger partial charge in [0, 0.05) is 6.42 Å². The van der Waals surface area contributed by atoms with Gasteiger partial charge in [-0.25, -0.2) is 0 Å². The lowest BCUT2D eigenvalue weighted by Gasteiger charge is -2.31. The molecule has 2 heteroatoms. The van der Waals surface area contributed by atoms with Crippen molar-refractivity contribution in [2.75, 3.05) is 0 Å². The van der Waals surface area contributed by atoms with E-state index in [2.05, 4.69) is 6.58 Å². The Bertz CT molecular complexity index is 114. The van der Waals surface area contributed by atoms with Crippen LogP contribution >= 0.6 is 0 Å². The van der Waals surface area contributed by atoms with Gasteiger partial charge in [0.25, 0.3) is 0 Å². The third-order valence-electron chi connectivity index (χ3n) is 1.44. The van der Waals surface area contributed by atoms with Crippen LogP contribution in [-0.2, 0) is 9.53 Å². The monoisotopic (exact) mass is 126 g/mol. The third kappa shape index (κ3) is 1.39. The van der Waals surface area contributed by atoms with Crippen LogP contribution in [0.5, 0.6) is 0 Å². The van der Waals surface area contributed by atoms with Crippen LogP contribution < -0.4 is 0 Å². The topological polar surface area (TPSA) is 26.3 Å². The van der Waals surface area contributed by atoms with Crippen molar-refractivity contribution in [1.82, 2.24) is 0 Å². The molecule has 9 heavy (non-hydrogen) atoms. The highest BCUT2D eigenvalue weighted by Crippen LogP contribution is 2.21. The van der Waals surface area contributed by atoms with E-state index in [1.165, 1.54) is 0 Å². The zero-order valence-electron chi connectivity index (χ0n) is 5.25. The van der Waals surface area contributed by atoms with Gasteiger partial charge in [0.15, 0.2) is 0 Å². The number of aldehydes is 1. The van der Waals surface area contributed by atoms with E-state index in [-0.39, 0.29) is 12.2 Å². The first-order chi connectivity index (χ1) is 4.36. The molecule has 1 saturated heterocycles. The summed E-state index contributed by atoms with van der Waals surface area (Å²) >= 11 is 0. The average molecular weight is 126 g/mol. The minimum Gasteiger partial charge on any atom is -0.367 e. The van der Waals surface area contributed by atoms with Crippen molar-refractivity contribution in [3.63, 3.8) is 0 Å². The number of carbonyl (C=O) groups excluding carboxylic acids is 1. The predicted octanol–water partition coefficient (Wildman–Crippen LogP) is 0.919. The quantitative estimate of drug-likeness (QED) is 0.415. The van der Waals surface area contributed by atoms with Crippen LogP contribution in [0.25, 0.3) is 0 Å². The van der Waals surface area contributed by atoms with E-state index in [0.717, 1.165) is 19.1 Å². The van der Waals surface area contributed by atoms with Crippen LogP contribution in [0, 0.1) is 0 Å². The summed E-state index contributed by atoms with van der Waals surface area (Å²) in [5.41, 5.74) is 0. The zero-order chi connectivity index (χ0) is 6.69. The van der Waals surface area contributed by atoms with Crippen molar-refractivity contribution in [3.8, 4) is 0 Å². The average Bonchev–Trinajstić information content (AvgIpc) is 1.77. The Kier molecular flexibility index (Phi) is 2.01. The maximum atomic E-state index is 9.99. The molecule has 0 aromatic heterocycles. The Morgan fingerprint density at radius 2 is 2.44 bits per heavy atom. The molecule has 0 radical (unpaired) electrons. The van der Waals surface area contributed by atoms with Gasteiger partial charge in [-0.3, -0.25) is 0 Å². The van der Waals surface area contributed by atoms with Gasteiger partial charge in [-0.15, -0.1) is 6.58 Å². The van der Waals surface area contributed by atoms with E-state index in [4.69, 9.17) is 4.74 Å². The van der Waals surface area contributed by atoms with Crippen LogP contribution in [0.2, 0.25) is 0 Å². The van der Waals surface area contributed by atoms with Crippen LogP contribution in [0.1, 0.15) is 12.8 Å². The first-order valence-corrected chi connectivity index (χ1v) is 3.08. The number of hydrogen-bond donors (Lipinski definition) is 0. The van der Waals surface area contributed by atoms with Crippen LogP contribution in [0.15, 0.2) is 12.7 Å². The molecular weight excluding hydrogens is 116 g/mol. The van der Waals surface area contributed by atoms with Gasteiger partial charge in [-0.05, 0) is 6.42 Å². The third-order valence-corrected chi connectivity index (χ3v) is 1.44. The van der Waals surface area contributed by atoms with Crippen molar-refractivity contribution in [2.24, 2.45) is 0 Å². The molecule has 1 rings (SSSR count). The van der Waals surface area contributed by atoms with Crippen LogP contribution in [0.4, 0.5) is 0 Å². The molecule has 0 aromatic rings. The van der Waals surface area contributed by atoms with Crippen molar-refractivity contribution in [2.45, 2.75) is 25.0 Å². The fraction of sp³-hybridized carbons (Fsp3) is 0.571. The fourth-order valence-corrected chi connectivity index (χ4v) is 0.921. The van der Waals surface area contributed by atoms with Crippen molar-refractivity contribution in [3.05, 3.63) is 12.7 Å². The van der Waals surface area contributed by atoms with E-state index in [0.29, 0.717) is 0 Å². The molecule has 0 aromatic carbocycles. The van der Waals surface area contributed by atoms with Gasteiger partial charge in [-0.2, -0.15) is 0 Å². The first-order valence-electron chi connectivity index (χ1n) is 3.08. The lowest BCUT2D eigenvalue weighted by atomic mass is 10.0. The summed E-state index contributed by atoms with van der Waals surface area (Å²) in [7, 11) is 0. The Morgan fingerprint density at radius 1 is 1.78 bits per heavy atom. The van der Waals surface area contributed by atoms with Gasteiger partial charge >= 0.3 is 0 Å². The lowest BCUT2D eigenvalue weighted by Crippen LogP contribution is -2.37. The molecule has 1 aliphatic rings. The highest BCUT2D eigenvalue weighted by atomic mass is 16.5. The Balaban J connectivity index is 2.11. The molecule has 2 unspecified atom stereocenters. The lowest BCUT2D eigenvalue weighted by molar-refractivity contribution is -0.147. The predicted molar refractivity (Wildman–Crippen MR) is 34.2 cm³/mol. The highest BCUT2D eigenvalue weighted by Gasteiger charge is 2.27. The summed E-state index contributed by atoms with van der Waals surface area (Å²) in [6.45, 7) is 3.57. The molecule has 0 aliphatic carbocycles. The second-order valence-electron chi connectivity index (χ2n) is 2.19. The van der Waals surface area contributed by atoms with Gasteiger partial charge in [0.05, 0.1) is 6.10 Å². The molecule has 1 fully saturated rings. The molecule has 2 nitrogen and oxygen atoms in total. The SMILES string of the molecule is C=CCC1CC(C=O)O1. The minimum atomic E-state index is -0.130. The van der Waals surface area contributed by atoms with Crippen LogP contribution in [0.3, 0.4) is 0 Å². The fourth-order valence-electron chi connectivity index (χ4n) is 0.921. The maximum absolute atomic E-state index is 9.99. The molecule has 0 spiro atoms. The summed E-state index contributed by atoms with van der Waals surface area (Å²) in [6.07, 6.45) is 4.53. The highest BCUT2D eigenvalue weighted by molar-refractivity contribution is 5.57. The van der Waals surface area contributed by atoms with Crippen molar-refractivity contribution in [1.29, 1.82) is 0 Å². The van der Waals surface area contributed by atoms with E-state index >= 15 is 0 Å². The van der Waals surface area contributed by atoms with Gasteiger partial charge in [0.1, 0.15) is 12.4 Å². The Hall–Kier alpha value is -0.630. The normalized spacial score (nSPS) is 32.9. The molecule has 0 bridgehead atoms. The molecular formula is C7H10O2. The molecule has 2 atom stereocenters. The van der Waals surface area contributed by atoms with Gasteiger partial charge < -0.3 is 9.53 Å². The largest absolute Gasteiger partial charge is 0.367 e. The van der Waals surface area contributed by atoms with Crippen molar-refractivity contribution >= 4 is 6.29 Å². The second kappa shape index (κ2) is 2.78. The van der Waals surface area contributed by atoms with Crippen LogP contribution in [-0.4, -0.2) is 18.5 Å². The van der Waals surface area contributed by atoms with E-state index in [1.807, 2.05) is 6.08 Å². The second-order valence-corrected chi connectivity index (χ2v) is 2.19. The Labute approximate surface area is 54.5 Å². The van der Waals surface area contributed by atoms with E-state index in [1.54, 1.807) is 0 Å².